The van der Waals surface area contributed by atoms with Crippen molar-refractivity contribution >= 4 is 5.97 Å². The van der Waals surface area contributed by atoms with E-state index in [1.807, 2.05) is 19.0 Å². The van der Waals surface area contributed by atoms with Crippen molar-refractivity contribution in [3.8, 4) is 0 Å². The Hall–Kier alpha value is -0.610. The summed E-state index contributed by atoms with van der Waals surface area (Å²) in [5.74, 6) is -0.802. The van der Waals surface area contributed by atoms with Crippen LogP contribution in [0.4, 0.5) is 0 Å². The van der Waals surface area contributed by atoms with Crippen LogP contribution in [-0.4, -0.2) is 49.2 Å². The Balaban J connectivity index is 3.31. The Kier molecular flexibility index (Phi) is 4.81. The number of nitrogens with zero attached hydrogens (tertiary/aromatic N) is 1. The molecule has 0 saturated heterocycles. The average Bonchev–Trinajstić information content (AvgIpc) is 1.86. The maximum absolute atomic E-state index is 10.3. The largest absolute Gasteiger partial charge is 0.480 e. The smallest absolute Gasteiger partial charge is 0.320 e. The molecule has 0 aliphatic rings. The lowest BCUT2D eigenvalue weighted by Crippen LogP contribution is -2.37. The molecular formula is C7H16N2O2. The van der Waals surface area contributed by atoms with Gasteiger partial charge in [-0.2, -0.15) is 0 Å². The molecule has 0 aromatic carbocycles. The summed E-state index contributed by atoms with van der Waals surface area (Å²) in [6.07, 6.45) is 0. The minimum Gasteiger partial charge on any atom is -0.480 e. The summed E-state index contributed by atoms with van der Waals surface area (Å²) in [4.78, 5) is 12.3. The molecule has 4 heteroatoms. The summed E-state index contributed by atoms with van der Waals surface area (Å²) >= 11 is 0. The van der Waals surface area contributed by atoms with Crippen molar-refractivity contribution in [2.75, 3.05) is 27.2 Å². The lowest BCUT2D eigenvalue weighted by atomic mass is 10.3. The van der Waals surface area contributed by atoms with Crippen LogP contribution in [0.2, 0.25) is 0 Å². The van der Waals surface area contributed by atoms with E-state index in [1.165, 1.54) is 0 Å². The Morgan fingerprint density at radius 3 is 2.55 bits per heavy atom. The molecule has 1 atom stereocenters. The normalized spacial score (nSPS) is 13.5. The number of carboxylic acids is 1. The number of hydrogen-bond acceptors (Lipinski definition) is 3. The fourth-order valence-corrected chi connectivity index (χ4v) is 0.592. The number of aliphatic carboxylic acids is 1. The summed E-state index contributed by atoms with van der Waals surface area (Å²) in [6, 6.07) is -0.449. The number of rotatable bonds is 5. The van der Waals surface area contributed by atoms with Crippen LogP contribution in [0.1, 0.15) is 6.92 Å². The molecule has 0 fully saturated rings. The van der Waals surface area contributed by atoms with Gasteiger partial charge in [0.05, 0.1) is 0 Å². The van der Waals surface area contributed by atoms with Gasteiger partial charge in [-0.1, -0.05) is 0 Å². The second-order valence-electron chi connectivity index (χ2n) is 2.82. The number of carboxylic acid groups (broad SMARTS) is 1. The molecule has 66 valence electrons. The van der Waals surface area contributed by atoms with Gasteiger partial charge in [-0.25, -0.2) is 0 Å². The van der Waals surface area contributed by atoms with Gasteiger partial charge in [-0.15, -0.1) is 0 Å². The van der Waals surface area contributed by atoms with Gasteiger partial charge >= 0.3 is 5.97 Å². The average molecular weight is 160 g/mol. The van der Waals surface area contributed by atoms with E-state index in [2.05, 4.69) is 5.32 Å². The highest BCUT2D eigenvalue weighted by Crippen LogP contribution is 1.80. The second-order valence-corrected chi connectivity index (χ2v) is 2.82. The molecule has 2 N–H and O–H groups in total. The molecule has 0 spiro atoms. The fraction of sp³-hybridized carbons (Fsp3) is 0.857. The van der Waals surface area contributed by atoms with Crippen molar-refractivity contribution in [1.82, 2.24) is 10.2 Å². The second kappa shape index (κ2) is 5.09. The minimum atomic E-state index is -0.802. The van der Waals surface area contributed by atoms with E-state index in [4.69, 9.17) is 5.11 Å². The number of carbonyl (C=O) groups is 1. The van der Waals surface area contributed by atoms with Crippen LogP contribution >= 0.6 is 0 Å². The topological polar surface area (TPSA) is 52.6 Å². The van der Waals surface area contributed by atoms with Gasteiger partial charge in [-0.05, 0) is 21.0 Å². The minimum absolute atomic E-state index is 0.449. The zero-order valence-electron chi connectivity index (χ0n) is 7.29. The van der Waals surface area contributed by atoms with Crippen molar-refractivity contribution < 1.29 is 9.90 Å². The van der Waals surface area contributed by atoms with E-state index in [-0.39, 0.29) is 0 Å². The summed E-state index contributed by atoms with van der Waals surface area (Å²) < 4.78 is 0. The van der Waals surface area contributed by atoms with E-state index in [1.54, 1.807) is 6.92 Å². The van der Waals surface area contributed by atoms with Crippen LogP contribution in [0.5, 0.6) is 0 Å². The Labute approximate surface area is 67.2 Å². The van der Waals surface area contributed by atoms with Gasteiger partial charge in [0.15, 0.2) is 0 Å². The molecule has 0 aromatic heterocycles. The molecule has 0 amide bonds. The quantitative estimate of drug-likeness (QED) is 0.575. The molecule has 0 aliphatic carbocycles. The molecule has 0 saturated carbocycles. The van der Waals surface area contributed by atoms with Crippen LogP contribution in [0.15, 0.2) is 0 Å². The summed E-state index contributed by atoms with van der Waals surface area (Å²) in [5, 5.41) is 11.3. The van der Waals surface area contributed by atoms with Crippen molar-refractivity contribution in [3.63, 3.8) is 0 Å². The van der Waals surface area contributed by atoms with Gasteiger partial charge in [0.25, 0.3) is 0 Å². The zero-order valence-corrected chi connectivity index (χ0v) is 7.29. The molecule has 0 unspecified atom stereocenters. The third-order valence-electron chi connectivity index (χ3n) is 1.38. The van der Waals surface area contributed by atoms with Gasteiger partial charge in [0.2, 0.25) is 0 Å². The van der Waals surface area contributed by atoms with Crippen LogP contribution in [0.3, 0.4) is 0 Å². The first-order chi connectivity index (χ1) is 5.04. The highest BCUT2D eigenvalue weighted by Gasteiger charge is 2.08. The van der Waals surface area contributed by atoms with Crippen molar-refractivity contribution in [3.05, 3.63) is 0 Å². The van der Waals surface area contributed by atoms with Crippen LogP contribution in [0.25, 0.3) is 0 Å². The maximum atomic E-state index is 10.3. The molecule has 0 rings (SSSR count). The number of likely N-dealkylation sites (N-methyl/N-ethyl adjacent to an activating group) is 1. The first-order valence-corrected chi connectivity index (χ1v) is 3.65. The van der Waals surface area contributed by atoms with Crippen LogP contribution in [0, 0.1) is 0 Å². The molecule has 0 heterocycles. The summed E-state index contributed by atoms with van der Waals surface area (Å²) in [7, 11) is 3.90. The van der Waals surface area contributed by atoms with E-state index in [0.717, 1.165) is 6.54 Å². The van der Waals surface area contributed by atoms with Crippen LogP contribution in [-0.2, 0) is 4.79 Å². The molecule has 0 aromatic rings. The molecule has 0 aliphatic heterocycles. The number of hydrogen-bond donors (Lipinski definition) is 2. The van der Waals surface area contributed by atoms with Crippen LogP contribution < -0.4 is 5.32 Å². The van der Waals surface area contributed by atoms with E-state index in [9.17, 15) is 4.79 Å². The highest BCUT2D eigenvalue weighted by molar-refractivity contribution is 5.72. The fourth-order valence-electron chi connectivity index (χ4n) is 0.592. The Bertz CT molecular complexity index is 126. The Morgan fingerprint density at radius 2 is 2.18 bits per heavy atom. The predicted molar refractivity (Wildman–Crippen MR) is 43.7 cm³/mol. The van der Waals surface area contributed by atoms with Gasteiger partial charge < -0.3 is 15.3 Å². The summed E-state index contributed by atoms with van der Waals surface area (Å²) in [5.41, 5.74) is 0. The summed E-state index contributed by atoms with van der Waals surface area (Å²) in [6.45, 7) is 3.20. The molecule has 11 heavy (non-hydrogen) atoms. The maximum Gasteiger partial charge on any atom is 0.320 e. The molecule has 4 nitrogen and oxygen atoms in total. The number of nitrogens with one attached hydrogen (secondary N) is 1. The first-order valence-electron chi connectivity index (χ1n) is 3.65. The SMILES string of the molecule is C[C@H](NCCN(C)C)C(=O)O. The van der Waals surface area contributed by atoms with E-state index < -0.39 is 12.0 Å². The zero-order chi connectivity index (χ0) is 8.85. The first kappa shape index (κ1) is 10.4. The van der Waals surface area contributed by atoms with Crippen molar-refractivity contribution in [2.45, 2.75) is 13.0 Å². The Morgan fingerprint density at radius 1 is 1.64 bits per heavy atom. The standard InChI is InChI=1S/C7H16N2O2/c1-6(7(10)11)8-4-5-9(2)3/h6,8H,4-5H2,1-3H3,(H,10,11)/t6-/m0/s1. The molecule has 0 bridgehead atoms. The van der Waals surface area contributed by atoms with E-state index >= 15 is 0 Å². The van der Waals surface area contributed by atoms with Crippen molar-refractivity contribution in [2.24, 2.45) is 0 Å². The predicted octanol–water partition coefficient (Wildman–Crippen LogP) is -0.389. The highest BCUT2D eigenvalue weighted by atomic mass is 16.4. The van der Waals surface area contributed by atoms with Crippen molar-refractivity contribution in [1.29, 1.82) is 0 Å². The molecular weight excluding hydrogens is 144 g/mol. The van der Waals surface area contributed by atoms with Gasteiger partial charge in [-0.3, -0.25) is 4.79 Å². The molecule has 0 radical (unpaired) electrons. The van der Waals surface area contributed by atoms with Gasteiger partial charge in [0.1, 0.15) is 6.04 Å². The lowest BCUT2D eigenvalue weighted by molar-refractivity contribution is -0.138. The third-order valence-corrected chi connectivity index (χ3v) is 1.38. The third kappa shape index (κ3) is 5.82. The van der Waals surface area contributed by atoms with Gasteiger partial charge in [0, 0.05) is 13.1 Å². The lowest BCUT2D eigenvalue weighted by Gasteiger charge is -2.12. The van der Waals surface area contributed by atoms with E-state index in [0.29, 0.717) is 6.54 Å². The monoisotopic (exact) mass is 160 g/mol.